The van der Waals surface area contributed by atoms with Gasteiger partial charge in [0.2, 0.25) is 0 Å². The summed E-state index contributed by atoms with van der Waals surface area (Å²) in [7, 11) is -3.50. The van der Waals surface area contributed by atoms with Crippen molar-refractivity contribution in [1.29, 1.82) is 0 Å². The number of carbonyl (C=O) groups is 1. The topological polar surface area (TPSA) is 81.1 Å². The summed E-state index contributed by atoms with van der Waals surface area (Å²) in [5.41, 5.74) is 3.48. The van der Waals surface area contributed by atoms with E-state index >= 15 is 0 Å². The minimum Gasteiger partial charge on any atom is -0.322 e. The smallest absolute Gasteiger partial charge is 0.256 e. The molecule has 140 valence electrons. The Kier molecular flexibility index (Phi) is 4.44. The van der Waals surface area contributed by atoms with Gasteiger partial charge in [0.15, 0.2) is 9.84 Å². The molecule has 28 heavy (non-hydrogen) atoms. The number of sulfone groups is 1. The molecule has 0 radical (unpaired) electrons. The van der Waals surface area contributed by atoms with Crippen LogP contribution in [0.25, 0.3) is 16.7 Å². The lowest BCUT2D eigenvalue weighted by atomic mass is 10.2. The fourth-order valence-electron chi connectivity index (χ4n) is 3.05. The molecule has 0 aliphatic heterocycles. The Morgan fingerprint density at radius 3 is 2.36 bits per heavy atom. The van der Waals surface area contributed by atoms with E-state index in [0.29, 0.717) is 5.69 Å². The average molecular weight is 391 g/mol. The van der Waals surface area contributed by atoms with E-state index in [4.69, 9.17) is 0 Å². The van der Waals surface area contributed by atoms with Crippen LogP contribution in [0.3, 0.4) is 0 Å². The predicted octanol–water partition coefficient (Wildman–Crippen LogP) is 3.68. The van der Waals surface area contributed by atoms with Gasteiger partial charge in [-0.2, -0.15) is 0 Å². The standard InChI is InChI=1S/C21H17N3O3S/c1-28(26,27)20-9-5-2-6-17(20)21(25)23-15-10-12-16(13-11-15)24-14-22-18-7-3-4-8-19(18)24/h2-14H,1H3,(H,23,25). The summed E-state index contributed by atoms with van der Waals surface area (Å²) in [6.45, 7) is 0. The van der Waals surface area contributed by atoms with Crippen molar-refractivity contribution in [3.8, 4) is 5.69 Å². The summed E-state index contributed by atoms with van der Waals surface area (Å²) >= 11 is 0. The van der Waals surface area contributed by atoms with Crippen LogP contribution in [-0.2, 0) is 9.84 Å². The maximum Gasteiger partial charge on any atom is 0.256 e. The van der Waals surface area contributed by atoms with Gasteiger partial charge in [0.05, 0.1) is 21.5 Å². The van der Waals surface area contributed by atoms with Crippen molar-refractivity contribution in [3.05, 3.63) is 84.7 Å². The second-order valence-electron chi connectivity index (χ2n) is 6.37. The number of nitrogens with zero attached hydrogens (tertiary/aromatic N) is 2. The summed E-state index contributed by atoms with van der Waals surface area (Å²) in [6.07, 6.45) is 2.84. The molecule has 1 aromatic heterocycles. The number of amides is 1. The van der Waals surface area contributed by atoms with Gasteiger partial charge in [-0.05, 0) is 48.5 Å². The van der Waals surface area contributed by atoms with Gasteiger partial charge >= 0.3 is 0 Å². The second kappa shape index (κ2) is 6.94. The van der Waals surface area contributed by atoms with E-state index in [1.165, 1.54) is 12.1 Å². The van der Waals surface area contributed by atoms with E-state index in [0.717, 1.165) is 23.0 Å². The molecule has 0 unspecified atom stereocenters. The molecule has 0 fully saturated rings. The number of para-hydroxylation sites is 2. The Morgan fingerprint density at radius 2 is 1.61 bits per heavy atom. The highest BCUT2D eigenvalue weighted by atomic mass is 32.2. The molecule has 0 aliphatic rings. The molecular formula is C21H17N3O3S. The Labute approximate surface area is 162 Å². The van der Waals surface area contributed by atoms with Gasteiger partial charge in [-0.25, -0.2) is 13.4 Å². The molecular weight excluding hydrogens is 374 g/mol. The third-order valence-corrected chi connectivity index (χ3v) is 5.54. The van der Waals surface area contributed by atoms with Crippen LogP contribution in [0, 0.1) is 0 Å². The summed E-state index contributed by atoms with van der Waals surface area (Å²) in [6, 6.07) is 21.2. The summed E-state index contributed by atoms with van der Waals surface area (Å²) < 4.78 is 25.8. The number of fused-ring (bicyclic) bond motifs is 1. The molecule has 4 aromatic rings. The van der Waals surface area contributed by atoms with Crippen LogP contribution in [0.5, 0.6) is 0 Å². The number of imidazole rings is 1. The minimum atomic E-state index is -3.50. The normalized spacial score (nSPS) is 11.5. The van der Waals surface area contributed by atoms with Crippen LogP contribution in [0.15, 0.2) is 84.0 Å². The molecule has 0 saturated carbocycles. The van der Waals surface area contributed by atoms with Crippen LogP contribution in [0.4, 0.5) is 5.69 Å². The molecule has 7 heteroatoms. The van der Waals surface area contributed by atoms with Crippen LogP contribution in [0.1, 0.15) is 10.4 Å². The van der Waals surface area contributed by atoms with Crippen molar-refractivity contribution in [2.24, 2.45) is 0 Å². The zero-order valence-electron chi connectivity index (χ0n) is 15.0. The summed E-state index contributed by atoms with van der Waals surface area (Å²) in [5.74, 6) is -0.471. The Balaban J connectivity index is 1.60. The number of anilines is 1. The average Bonchev–Trinajstić information content (AvgIpc) is 3.12. The van der Waals surface area contributed by atoms with Gasteiger partial charge < -0.3 is 5.32 Å². The lowest BCUT2D eigenvalue weighted by Crippen LogP contribution is -2.16. The molecule has 1 N–H and O–H groups in total. The van der Waals surface area contributed by atoms with E-state index in [1.807, 2.05) is 41.0 Å². The second-order valence-corrected chi connectivity index (χ2v) is 8.36. The first-order chi connectivity index (χ1) is 13.4. The molecule has 1 heterocycles. The molecule has 0 bridgehead atoms. The molecule has 0 aliphatic carbocycles. The highest BCUT2D eigenvalue weighted by Gasteiger charge is 2.18. The van der Waals surface area contributed by atoms with Crippen molar-refractivity contribution in [2.75, 3.05) is 11.6 Å². The SMILES string of the molecule is CS(=O)(=O)c1ccccc1C(=O)Nc1ccc(-n2cnc3ccccc32)cc1. The Morgan fingerprint density at radius 1 is 0.929 bits per heavy atom. The number of hydrogen-bond acceptors (Lipinski definition) is 4. The van der Waals surface area contributed by atoms with Gasteiger partial charge in [0.25, 0.3) is 5.91 Å². The van der Waals surface area contributed by atoms with Gasteiger partial charge in [-0.1, -0.05) is 24.3 Å². The van der Waals surface area contributed by atoms with Crippen LogP contribution < -0.4 is 5.32 Å². The van der Waals surface area contributed by atoms with Gasteiger partial charge in [-0.15, -0.1) is 0 Å². The number of rotatable bonds is 4. The van der Waals surface area contributed by atoms with Crippen LogP contribution >= 0.6 is 0 Å². The summed E-state index contributed by atoms with van der Waals surface area (Å²) in [4.78, 5) is 17.0. The van der Waals surface area contributed by atoms with E-state index in [9.17, 15) is 13.2 Å². The molecule has 0 saturated heterocycles. The van der Waals surface area contributed by atoms with Crippen molar-refractivity contribution in [1.82, 2.24) is 9.55 Å². The fourth-order valence-corrected chi connectivity index (χ4v) is 3.93. The Hall–Kier alpha value is -3.45. The van der Waals surface area contributed by atoms with Crippen LogP contribution in [0.2, 0.25) is 0 Å². The fraction of sp³-hybridized carbons (Fsp3) is 0.0476. The zero-order chi connectivity index (χ0) is 19.7. The number of benzene rings is 3. The van der Waals surface area contributed by atoms with Crippen molar-refractivity contribution in [3.63, 3.8) is 0 Å². The first-order valence-electron chi connectivity index (χ1n) is 8.56. The Bertz CT molecular complexity index is 1280. The van der Waals surface area contributed by atoms with Gasteiger partial charge in [0.1, 0.15) is 6.33 Å². The molecule has 3 aromatic carbocycles. The minimum absolute atomic E-state index is 0.00834. The molecule has 1 amide bonds. The third kappa shape index (κ3) is 3.39. The van der Waals surface area contributed by atoms with Crippen molar-refractivity contribution in [2.45, 2.75) is 4.90 Å². The lowest BCUT2D eigenvalue weighted by molar-refractivity contribution is 0.102. The molecule has 0 spiro atoms. The van der Waals surface area contributed by atoms with E-state index in [1.54, 1.807) is 30.6 Å². The number of hydrogen-bond donors (Lipinski definition) is 1. The first-order valence-corrected chi connectivity index (χ1v) is 10.5. The monoisotopic (exact) mass is 391 g/mol. The molecule has 6 nitrogen and oxygen atoms in total. The quantitative estimate of drug-likeness (QED) is 0.575. The lowest BCUT2D eigenvalue weighted by Gasteiger charge is -2.10. The van der Waals surface area contributed by atoms with Gasteiger partial charge in [-0.3, -0.25) is 9.36 Å². The highest BCUT2D eigenvalue weighted by Crippen LogP contribution is 2.21. The van der Waals surface area contributed by atoms with Crippen molar-refractivity contribution < 1.29 is 13.2 Å². The van der Waals surface area contributed by atoms with E-state index in [-0.39, 0.29) is 10.5 Å². The number of aromatic nitrogens is 2. The van der Waals surface area contributed by atoms with Crippen molar-refractivity contribution >= 4 is 32.5 Å². The largest absolute Gasteiger partial charge is 0.322 e. The summed E-state index contributed by atoms with van der Waals surface area (Å²) in [5, 5.41) is 2.75. The third-order valence-electron chi connectivity index (χ3n) is 4.39. The first kappa shape index (κ1) is 17.9. The van der Waals surface area contributed by atoms with E-state index < -0.39 is 15.7 Å². The van der Waals surface area contributed by atoms with Gasteiger partial charge in [0, 0.05) is 17.6 Å². The molecule has 0 atom stereocenters. The predicted molar refractivity (Wildman–Crippen MR) is 109 cm³/mol. The highest BCUT2D eigenvalue weighted by molar-refractivity contribution is 7.90. The number of carbonyl (C=O) groups excluding carboxylic acids is 1. The maximum atomic E-state index is 12.6. The zero-order valence-corrected chi connectivity index (χ0v) is 15.8. The molecule has 4 rings (SSSR count). The number of nitrogens with one attached hydrogen (secondary N) is 1. The van der Waals surface area contributed by atoms with E-state index in [2.05, 4.69) is 10.3 Å². The van der Waals surface area contributed by atoms with Crippen LogP contribution in [-0.4, -0.2) is 30.1 Å². The maximum absolute atomic E-state index is 12.6.